The first-order valence-electron chi connectivity index (χ1n) is 5.06. The monoisotopic (exact) mass is 289 g/mol. The SMILES string of the molecule is Oc1c(-c2ccc(OC(F)(F)F)cc2)ccnc1Cl. The van der Waals surface area contributed by atoms with Crippen LogP contribution in [0, 0.1) is 0 Å². The van der Waals surface area contributed by atoms with Crippen LogP contribution in [0.25, 0.3) is 11.1 Å². The molecule has 0 bridgehead atoms. The van der Waals surface area contributed by atoms with Gasteiger partial charge in [-0.05, 0) is 23.8 Å². The average molecular weight is 290 g/mol. The molecule has 2 aromatic rings. The third-order valence-electron chi connectivity index (χ3n) is 2.28. The van der Waals surface area contributed by atoms with Crippen LogP contribution in [0.3, 0.4) is 0 Å². The number of ether oxygens (including phenoxy) is 1. The Kier molecular flexibility index (Phi) is 3.53. The van der Waals surface area contributed by atoms with E-state index in [2.05, 4.69) is 9.72 Å². The molecule has 0 saturated heterocycles. The summed E-state index contributed by atoms with van der Waals surface area (Å²) in [5.74, 6) is -0.565. The zero-order valence-electron chi connectivity index (χ0n) is 9.28. The van der Waals surface area contributed by atoms with Crippen molar-refractivity contribution in [2.75, 3.05) is 0 Å². The molecule has 0 radical (unpaired) electrons. The molecule has 0 aliphatic carbocycles. The highest BCUT2D eigenvalue weighted by Crippen LogP contribution is 2.34. The van der Waals surface area contributed by atoms with Crippen LogP contribution < -0.4 is 4.74 Å². The summed E-state index contributed by atoms with van der Waals surface area (Å²) < 4.78 is 39.7. The molecular weight excluding hydrogens is 283 g/mol. The normalized spacial score (nSPS) is 11.4. The van der Waals surface area contributed by atoms with Crippen molar-refractivity contribution in [3.05, 3.63) is 41.7 Å². The first-order chi connectivity index (χ1) is 8.87. The summed E-state index contributed by atoms with van der Waals surface area (Å²) in [6.07, 6.45) is -3.35. The minimum atomic E-state index is -4.73. The molecule has 1 N–H and O–H groups in total. The first-order valence-corrected chi connectivity index (χ1v) is 5.44. The fraction of sp³-hybridized carbons (Fsp3) is 0.0833. The number of aromatic hydroxyl groups is 1. The van der Waals surface area contributed by atoms with Gasteiger partial charge in [0, 0.05) is 11.8 Å². The van der Waals surface area contributed by atoms with Gasteiger partial charge in [-0.1, -0.05) is 23.7 Å². The zero-order chi connectivity index (χ0) is 14.0. The van der Waals surface area contributed by atoms with E-state index in [1.165, 1.54) is 24.4 Å². The number of hydrogen-bond donors (Lipinski definition) is 1. The van der Waals surface area contributed by atoms with Gasteiger partial charge in [0.1, 0.15) is 5.75 Å². The first kappa shape index (κ1) is 13.5. The van der Waals surface area contributed by atoms with Crippen molar-refractivity contribution < 1.29 is 23.0 Å². The molecule has 0 unspecified atom stereocenters. The maximum absolute atomic E-state index is 12.0. The van der Waals surface area contributed by atoms with Crippen LogP contribution in [0.15, 0.2) is 36.5 Å². The number of alkyl halides is 3. The van der Waals surface area contributed by atoms with Gasteiger partial charge in [0.05, 0.1) is 0 Å². The van der Waals surface area contributed by atoms with Crippen LogP contribution in [-0.4, -0.2) is 16.5 Å². The largest absolute Gasteiger partial charge is 0.573 e. The lowest BCUT2D eigenvalue weighted by Gasteiger charge is -2.10. The maximum Gasteiger partial charge on any atom is 0.573 e. The number of hydrogen-bond acceptors (Lipinski definition) is 3. The molecule has 0 saturated carbocycles. The predicted octanol–water partition coefficient (Wildman–Crippen LogP) is 4.01. The molecule has 2 rings (SSSR count). The van der Waals surface area contributed by atoms with Gasteiger partial charge in [-0.15, -0.1) is 13.2 Å². The van der Waals surface area contributed by atoms with Gasteiger partial charge < -0.3 is 9.84 Å². The highest BCUT2D eigenvalue weighted by molar-refractivity contribution is 6.31. The van der Waals surface area contributed by atoms with Crippen LogP contribution in [0.2, 0.25) is 5.15 Å². The Morgan fingerprint density at radius 2 is 1.74 bits per heavy atom. The quantitative estimate of drug-likeness (QED) is 0.850. The Balaban J connectivity index is 2.30. The average Bonchev–Trinajstić information content (AvgIpc) is 2.32. The van der Waals surface area contributed by atoms with Crippen LogP contribution in [0.5, 0.6) is 11.5 Å². The lowest BCUT2D eigenvalue weighted by molar-refractivity contribution is -0.274. The lowest BCUT2D eigenvalue weighted by Crippen LogP contribution is -2.16. The van der Waals surface area contributed by atoms with E-state index >= 15 is 0 Å². The molecule has 0 spiro atoms. The van der Waals surface area contributed by atoms with Gasteiger partial charge in [-0.2, -0.15) is 0 Å². The number of halogens is 4. The van der Waals surface area contributed by atoms with E-state index in [-0.39, 0.29) is 16.7 Å². The van der Waals surface area contributed by atoms with E-state index in [9.17, 15) is 18.3 Å². The predicted molar refractivity (Wildman–Crippen MR) is 63.0 cm³/mol. The molecule has 1 aromatic carbocycles. The van der Waals surface area contributed by atoms with Gasteiger partial charge >= 0.3 is 6.36 Å². The number of rotatable bonds is 2. The molecule has 100 valence electrons. The maximum atomic E-state index is 12.0. The summed E-state index contributed by atoms with van der Waals surface area (Å²) in [6.45, 7) is 0. The Bertz CT molecular complexity index is 585. The van der Waals surface area contributed by atoms with Crippen molar-refractivity contribution in [2.45, 2.75) is 6.36 Å². The molecule has 0 atom stereocenters. The van der Waals surface area contributed by atoms with Crippen molar-refractivity contribution >= 4 is 11.6 Å². The van der Waals surface area contributed by atoms with Crippen molar-refractivity contribution in [1.82, 2.24) is 4.98 Å². The van der Waals surface area contributed by atoms with Crippen LogP contribution in [0.4, 0.5) is 13.2 Å². The van der Waals surface area contributed by atoms with E-state index in [0.29, 0.717) is 11.1 Å². The van der Waals surface area contributed by atoms with Gasteiger partial charge in [-0.3, -0.25) is 0 Å². The fourth-order valence-electron chi connectivity index (χ4n) is 1.50. The summed E-state index contributed by atoms with van der Waals surface area (Å²) in [6, 6.07) is 6.56. The van der Waals surface area contributed by atoms with Gasteiger partial charge in [0.2, 0.25) is 0 Å². The Morgan fingerprint density at radius 3 is 2.32 bits per heavy atom. The second kappa shape index (κ2) is 4.97. The summed E-state index contributed by atoms with van der Waals surface area (Å²) in [5.41, 5.74) is 0.870. The molecule has 1 heterocycles. The van der Waals surface area contributed by atoms with Crippen molar-refractivity contribution in [3.8, 4) is 22.6 Å². The second-order valence-corrected chi connectivity index (χ2v) is 3.93. The van der Waals surface area contributed by atoms with E-state index in [1.807, 2.05) is 0 Å². The van der Waals surface area contributed by atoms with E-state index in [4.69, 9.17) is 11.6 Å². The second-order valence-electron chi connectivity index (χ2n) is 3.57. The molecule has 0 aliphatic heterocycles. The van der Waals surface area contributed by atoms with Crippen LogP contribution in [-0.2, 0) is 0 Å². The Labute approximate surface area is 111 Å². The standard InChI is InChI=1S/C12H7ClF3NO2/c13-11-10(18)9(5-6-17-11)7-1-3-8(4-2-7)19-12(14,15)16/h1-6,18H. The number of benzene rings is 1. The minimum absolute atomic E-state index is 0.0758. The van der Waals surface area contributed by atoms with Crippen molar-refractivity contribution in [1.29, 1.82) is 0 Å². The summed E-state index contributed by atoms with van der Waals surface area (Å²) >= 11 is 5.65. The van der Waals surface area contributed by atoms with Crippen molar-refractivity contribution in [2.24, 2.45) is 0 Å². The molecule has 7 heteroatoms. The molecule has 0 amide bonds. The van der Waals surface area contributed by atoms with E-state index in [1.54, 1.807) is 0 Å². The molecular formula is C12H7ClF3NO2. The Hall–Kier alpha value is -1.95. The highest BCUT2D eigenvalue weighted by atomic mass is 35.5. The molecule has 1 aromatic heterocycles. The van der Waals surface area contributed by atoms with Crippen LogP contribution >= 0.6 is 11.6 Å². The van der Waals surface area contributed by atoms with Gasteiger partial charge in [0.15, 0.2) is 10.9 Å². The summed E-state index contributed by atoms with van der Waals surface area (Å²) in [4.78, 5) is 3.67. The topological polar surface area (TPSA) is 42.4 Å². The third kappa shape index (κ3) is 3.29. The molecule has 0 aliphatic rings. The van der Waals surface area contributed by atoms with Crippen LogP contribution in [0.1, 0.15) is 0 Å². The molecule has 3 nitrogen and oxygen atoms in total. The lowest BCUT2D eigenvalue weighted by atomic mass is 10.1. The zero-order valence-corrected chi connectivity index (χ0v) is 10.0. The number of nitrogens with zero attached hydrogens (tertiary/aromatic N) is 1. The number of pyridine rings is 1. The van der Waals surface area contributed by atoms with Crippen molar-refractivity contribution in [3.63, 3.8) is 0 Å². The Morgan fingerprint density at radius 1 is 1.11 bits per heavy atom. The highest BCUT2D eigenvalue weighted by Gasteiger charge is 2.30. The fourth-order valence-corrected chi connectivity index (χ4v) is 1.66. The van der Waals surface area contributed by atoms with E-state index < -0.39 is 6.36 Å². The smallest absolute Gasteiger partial charge is 0.504 e. The summed E-state index contributed by atoms with van der Waals surface area (Å²) in [5, 5.41) is 9.63. The molecule has 0 fully saturated rings. The molecule has 19 heavy (non-hydrogen) atoms. The minimum Gasteiger partial charge on any atom is -0.504 e. The van der Waals surface area contributed by atoms with E-state index in [0.717, 1.165) is 12.1 Å². The van der Waals surface area contributed by atoms with Gasteiger partial charge in [-0.25, -0.2) is 4.98 Å². The summed E-state index contributed by atoms with van der Waals surface area (Å²) in [7, 11) is 0. The third-order valence-corrected chi connectivity index (χ3v) is 2.56. The number of aromatic nitrogens is 1. The van der Waals surface area contributed by atoms with Gasteiger partial charge in [0.25, 0.3) is 0 Å².